The molecule has 1 saturated heterocycles. The first-order chi connectivity index (χ1) is 16.9. The van der Waals surface area contributed by atoms with E-state index in [0.717, 1.165) is 42.7 Å². The van der Waals surface area contributed by atoms with Crippen molar-refractivity contribution in [2.75, 3.05) is 0 Å². The average molecular weight is 478 g/mol. The van der Waals surface area contributed by atoms with Crippen LogP contribution in [0.1, 0.15) is 46.9 Å². The molecule has 2 atom stereocenters. The number of rotatable bonds is 3. The predicted molar refractivity (Wildman–Crippen MR) is 120 cm³/mol. The van der Waals surface area contributed by atoms with Crippen molar-refractivity contribution in [3.8, 4) is 16.9 Å². The number of carbonyl (C=O) groups excluding carboxylic acids is 1. The van der Waals surface area contributed by atoms with E-state index in [0.29, 0.717) is 23.4 Å². The van der Waals surface area contributed by atoms with Crippen LogP contribution in [0.5, 0.6) is 0 Å². The van der Waals surface area contributed by atoms with Gasteiger partial charge >= 0.3 is 0 Å². The van der Waals surface area contributed by atoms with Crippen molar-refractivity contribution in [1.82, 2.24) is 29.7 Å². The molecule has 4 heterocycles. The molecular weight excluding hydrogens is 457 g/mol. The van der Waals surface area contributed by atoms with Crippen LogP contribution in [0.4, 0.5) is 13.2 Å². The Morgan fingerprint density at radius 2 is 1.86 bits per heavy atom. The van der Waals surface area contributed by atoms with Gasteiger partial charge in [0.1, 0.15) is 0 Å². The molecule has 2 bridgehead atoms. The van der Waals surface area contributed by atoms with Gasteiger partial charge in [-0.05, 0) is 49.9 Å². The van der Waals surface area contributed by atoms with Crippen LogP contribution in [0.2, 0.25) is 0 Å². The Morgan fingerprint density at radius 3 is 2.60 bits per heavy atom. The summed E-state index contributed by atoms with van der Waals surface area (Å²) in [6.45, 7) is 0. The SMILES string of the molecule is Cn1nc2c(c1-c1cc(F)c(F)c(F)c1)C[C@@H]1CCC[C@H]2N1C(=O)c1ccccc1-n1ccnn1. The summed E-state index contributed by atoms with van der Waals surface area (Å²) in [5.41, 5.74) is 3.49. The van der Waals surface area contributed by atoms with Crippen molar-refractivity contribution in [1.29, 1.82) is 0 Å². The third-order valence-corrected chi connectivity index (χ3v) is 6.97. The van der Waals surface area contributed by atoms with E-state index in [4.69, 9.17) is 0 Å². The highest BCUT2D eigenvalue weighted by atomic mass is 19.2. The van der Waals surface area contributed by atoms with Crippen LogP contribution in [0, 0.1) is 17.5 Å². The molecule has 6 rings (SSSR count). The first-order valence-electron chi connectivity index (χ1n) is 11.4. The third-order valence-electron chi connectivity index (χ3n) is 6.97. The molecule has 2 aliphatic heterocycles. The van der Waals surface area contributed by atoms with Crippen molar-refractivity contribution in [2.24, 2.45) is 7.05 Å². The number of piperidine rings is 1. The summed E-state index contributed by atoms with van der Waals surface area (Å²) in [5.74, 6) is -4.10. The van der Waals surface area contributed by atoms with Gasteiger partial charge < -0.3 is 4.90 Å². The highest BCUT2D eigenvalue weighted by molar-refractivity contribution is 5.98. The molecule has 2 aromatic heterocycles. The summed E-state index contributed by atoms with van der Waals surface area (Å²) in [5, 5.41) is 12.6. The van der Waals surface area contributed by atoms with E-state index in [1.54, 1.807) is 34.9 Å². The summed E-state index contributed by atoms with van der Waals surface area (Å²) in [7, 11) is 1.70. The topological polar surface area (TPSA) is 68.8 Å². The van der Waals surface area contributed by atoms with Crippen LogP contribution < -0.4 is 0 Å². The second kappa shape index (κ2) is 8.07. The van der Waals surface area contributed by atoms with E-state index < -0.39 is 17.5 Å². The first kappa shape index (κ1) is 21.6. The van der Waals surface area contributed by atoms with Crippen LogP contribution >= 0.6 is 0 Å². The van der Waals surface area contributed by atoms with Crippen molar-refractivity contribution >= 4 is 5.91 Å². The average Bonchev–Trinajstić information content (AvgIpc) is 3.49. The maximum absolute atomic E-state index is 14.0. The third kappa shape index (κ3) is 3.35. The van der Waals surface area contributed by atoms with E-state index in [-0.39, 0.29) is 23.6 Å². The van der Waals surface area contributed by atoms with Crippen LogP contribution in [0.3, 0.4) is 0 Å². The number of benzene rings is 2. The Bertz CT molecular complexity index is 1420. The molecule has 2 aliphatic rings. The molecule has 1 fully saturated rings. The summed E-state index contributed by atoms with van der Waals surface area (Å²) >= 11 is 0. The van der Waals surface area contributed by atoms with Crippen LogP contribution in [0.15, 0.2) is 48.8 Å². The molecule has 2 aromatic carbocycles. The van der Waals surface area contributed by atoms with Crippen LogP contribution in [0.25, 0.3) is 16.9 Å². The van der Waals surface area contributed by atoms with Crippen molar-refractivity contribution in [2.45, 2.75) is 37.8 Å². The predicted octanol–water partition coefficient (Wildman–Crippen LogP) is 4.38. The zero-order valence-corrected chi connectivity index (χ0v) is 18.8. The number of nitrogens with zero attached hydrogens (tertiary/aromatic N) is 6. The fourth-order valence-corrected chi connectivity index (χ4v) is 5.53. The summed E-state index contributed by atoms with van der Waals surface area (Å²) in [6, 6.07) is 8.88. The molecule has 1 amide bonds. The molecule has 0 N–H and O–H groups in total. The van der Waals surface area contributed by atoms with E-state index in [9.17, 15) is 18.0 Å². The zero-order chi connectivity index (χ0) is 24.3. The largest absolute Gasteiger partial charge is 0.327 e. The van der Waals surface area contributed by atoms with Crippen molar-refractivity contribution < 1.29 is 18.0 Å². The molecule has 35 heavy (non-hydrogen) atoms. The number of fused-ring (bicyclic) bond motifs is 4. The molecule has 0 unspecified atom stereocenters. The molecule has 178 valence electrons. The number of amides is 1. The van der Waals surface area contributed by atoms with Crippen molar-refractivity contribution in [3.05, 3.63) is 83.1 Å². The summed E-state index contributed by atoms with van der Waals surface area (Å²) in [4.78, 5) is 15.8. The fraction of sp³-hybridized carbons (Fsp3) is 0.280. The molecule has 0 spiro atoms. The Hall–Kier alpha value is -3.95. The molecule has 10 heteroatoms. The van der Waals surface area contributed by atoms with Gasteiger partial charge in [-0.25, -0.2) is 17.9 Å². The van der Waals surface area contributed by atoms with E-state index >= 15 is 0 Å². The number of hydrogen-bond donors (Lipinski definition) is 0. The minimum absolute atomic E-state index is 0.101. The summed E-state index contributed by atoms with van der Waals surface area (Å²) in [6.07, 6.45) is 6.20. The minimum Gasteiger partial charge on any atom is -0.327 e. The standard InChI is InChI=1S/C25H21F3N6O/c1-32-24(14-11-18(26)22(28)19(27)12-14)17-13-15-5-4-8-21(23(17)30-32)34(15)25(35)16-6-2-3-7-20(16)33-10-9-29-31-33/h2-3,6-7,9-12,15,21H,4-5,8,13H2,1H3/t15-,21+/m0/s1. The molecule has 7 nitrogen and oxygen atoms in total. The van der Waals surface area contributed by atoms with Gasteiger partial charge in [-0.3, -0.25) is 9.48 Å². The number of halogens is 3. The number of aryl methyl sites for hydroxylation is 1. The second-order valence-electron chi connectivity index (χ2n) is 8.97. The van der Waals surface area contributed by atoms with Crippen LogP contribution in [-0.4, -0.2) is 41.6 Å². The molecular formula is C25H21F3N6O. The second-order valence-corrected chi connectivity index (χ2v) is 8.97. The Balaban J connectivity index is 1.44. The van der Waals surface area contributed by atoms with Gasteiger partial charge in [-0.2, -0.15) is 5.10 Å². The highest BCUT2D eigenvalue weighted by Crippen LogP contribution is 2.45. The Morgan fingerprint density at radius 1 is 1.09 bits per heavy atom. The van der Waals surface area contributed by atoms with E-state index in [1.165, 1.54) is 0 Å². The molecule has 0 aliphatic carbocycles. The van der Waals surface area contributed by atoms with Gasteiger partial charge in [0.2, 0.25) is 0 Å². The maximum Gasteiger partial charge on any atom is 0.256 e. The van der Waals surface area contributed by atoms with E-state index in [2.05, 4.69) is 15.4 Å². The first-order valence-corrected chi connectivity index (χ1v) is 11.4. The fourth-order valence-electron chi connectivity index (χ4n) is 5.53. The molecule has 4 aromatic rings. The summed E-state index contributed by atoms with van der Waals surface area (Å²) < 4.78 is 44.8. The Labute approximate surface area is 198 Å². The zero-order valence-electron chi connectivity index (χ0n) is 18.8. The molecule has 0 saturated carbocycles. The number of hydrogen-bond acceptors (Lipinski definition) is 4. The van der Waals surface area contributed by atoms with Gasteiger partial charge in [0.15, 0.2) is 17.5 Å². The normalized spacial score (nSPS) is 19.0. The lowest BCUT2D eigenvalue weighted by Gasteiger charge is -2.45. The van der Waals surface area contributed by atoms with Crippen molar-refractivity contribution in [3.63, 3.8) is 0 Å². The van der Waals surface area contributed by atoms with Gasteiger partial charge in [-0.15, -0.1) is 5.10 Å². The number of aromatic nitrogens is 5. The monoisotopic (exact) mass is 478 g/mol. The van der Waals surface area contributed by atoms with Gasteiger partial charge in [0, 0.05) is 24.2 Å². The van der Waals surface area contributed by atoms with Gasteiger partial charge in [0.25, 0.3) is 5.91 Å². The van der Waals surface area contributed by atoms with E-state index in [1.807, 2.05) is 23.1 Å². The van der Waals surface area contributed by atoms with Gasteiger partial charge in [0.05, 0.1) is 41.1 Å². The Kier molecular flexibility index (Phi) is 4.98. The lowest BCUT2D eigenvalue weighted by Crippen LogP contribution is -2.50. The van der Waals surface area contributed by atoms with Crippen LogP contribution in [-0.2, 0) is 13.5 Å². The van der Waals surface area contributed by atoms with Gasteiger partial charge in [-0.1, -0.05) is 17.3 Å². The number of carbonyl (C=O) groups is 1. The lowest BCUT2D eigenvalue weighted by molar-refractivity contribution is 0.0391. The molecule has 0 radical (unpaired) electrons. The number of para-hydroxylation sites is 1. The quantitative estimate of drug-likeness (QED) is 0.410. The smallest absolute Gasteiger partial charge is 0.256 e. The maximum atomic E-state index is 14.0. The lowest BCUT2D eigenvalue weighted by atomic mass is 9.81. The highest BCUT2D eigenvalue weighted by Gasteiger charge is 2.44. The minimum atomic E-state index is -1.50.